The number of carbonyl (C=O) groups excluding carboxylic acids is 1. The molecule has 0 bridgehead atoms. The average molecular weight is 408 g/mol. The molecule has 146 valence electrons. The van der Waals surface area contributed by atoms with Crippen LogP contribution in [-0.2, 0) is 6.18 Å². The molecule has 28 heavy (non-hydrogen) atoms. The summed E-state index contributed by atoms with van der Waals surface area (Å²) in [5.41, 5.74) is 0.263. The fourth-order valence-electron chi connectivity index (χ4n) is 2.47. The Morgan fingerprint density at radius 3 is 2.57 bits per heavy atom. The summed E-state index contributed by atoms with van der Waals surface area (Å²) >= 11 is 1.15. The molecule has 0 aliphatic heterocycles. The lowest BCUT2D eigenvalue weighted by atomic mass is 10.1. The topological polar surface area (TPSA) is 60.5 Å². The average Bonchev–Trinajstić information content (AvgIpc) is 3.15. The Labute approximate surface area is 162 Å². The molecule has 1 N–H and O–H groups in total. The van der Waals surface area contributed by atoms with Gasteiger partial charge in [0.05, 0.1) is 25.5 Å². The number of halogens is 3. The number of aromatic nitrogens is 1. The van der Waals surface area contributed by atoms with Gasteiger partial charge in [-0.1, -0.05) is 6.07 Å². The number of nitrogens with zero attached hydrogens (tertiary/aromatic N) is 1. The first kappa shape index (κ1) is 19.7. The van der Waals surface area contributed by atoms with Crippen molar-refractivity contribution in [3.63, 3.8) is 0 Å². The zero-order valence-corrected chi connectivity index (χ0v) is 15.6. The van der Waals surface area contributed by atoms with E-state index in [4.69, 9.17) is 9.47 Å². The number of thiazole rings is 1. The lowest BCUT2D eigenvalue weighted by Crippen LogP contribution is -2.13. The molecule has 3 aromatic rings. The van der Waals surface area contributed by atoms with Crippen molar-refractivity contribution in [2.24, 2.45) is 0 Å². The number of methoxy groups -OCH3 is 2. The van der Waals surface area contributed by atoms with Gasteiger partial charge in [0.25, 0.3) is 5.91 Å². The molecule has 0 aliphatic rings. The number of hydrogen-bond acceptors (Lipinski definition) is 5. The van der Waals surface area contributed by atoms with Gasteiger partial charge in [0.15, 0.2) is 5.13 Å². The molecular formula is C19H15F3N2O3S. The van der Waals surface area contributed by atoms with Gasteiger partial charge < -0.3 is 9.47 Å². The zero-order valence-electron chi connectivity index (χ0n) is 14.8. The normalized spacial score (nSPS) is 11.2. The first-order chi connectivity index (χ1) is 13.3. The minimum atomic E-state index is -4.52. The Kier molecular flexibility index (Phi) is 5.55. The van der Waals surface area contributed by atoms with E-state index in [1.54, 1.807) is 30.7 Å². The third-order valence-electron chi connectivity index (χ3n) is 3.86. The monoisotopic (exact) mass is 408 g/mol. The molecule has 2 aromatic carbocycles. The molecule has 1 heterocycles. The summed E-state index contributed by atoms with van der Waals surface area (Å²) in [5, 5.41) is 4.50. The van der Waals surface area contributed by atoms with E-state index >= 15 is 0 Å². The van der Waals surface area contributed by atoms with Crippen LogP contribution in [0.2, 0.25) is 0 Å². The number of anilines is 1. The van der Waals surface area contributed by atoms with Crippen molar-refractivity contribution in [1.29, 1.82) is 0 Å². The quantitative estimate of drug-likeness (QED) is 0.638. The van der Waals surface area contributed by atoms with Crippen molar-refractivity contribution in [2.75, 3.05) is 19.5 Å². The number of benzene rings is 2. The van der Waals surface area contributed by atoms with Crippen molar-refractivity contribution in [3.8, 4) is 22.8 Å². The Balaban J connectivity index is 1.81. The lowest BCUT2D eigenvalue weighted by molar-refractivity contribution is -0.137. The molecule has 0 radical (unpaired) electrons. The maximum absolute atomic E-state index is 12.8. The van der Waals surface area contributed by atoms with E-state index in [1.807, 2.05) is 0 Å². The number of alkyl halides is 3. The molecule has 9 heteroatoms. The van der Waals surface area contributed by atoms with Crippen molar-refractivity contribution in [2.45, 2.75) is 6.18 Å². The van der Waals surface area contributed by atoms with E-state index in [2.05, 4.69) is 10.3 Å². The molecular weight excluding hydrogens is 393 g/mol. The highest BCUT2D eigenvalue weighted by Crippen LogP contribution is 2.35. The summed E-state index contributed by atoms with van der Waals surface area (Å²) in [6.07, 6.45) is -4.52. The highest BCUT2D eigenvalue weighted by Gasteiger charge is 2.31. The van der Waals surface area contributed by atoms with Crippen LogP contribution in [-0.4, -0.2) is 25.1 Å². The van der Waals surface area contributed by atoms with Crippen molar-refractivity contribution in [1.82, 2.24) is 4.98 Å². The SMILES string of the molecule is COc1ccc(-c2csc(NC(=O)c3cccc(C(F)(F)F)c3)n2)c(OC)c1. The van der Waals surface area contributed by atoms with Crippen LogP contribution in [0.25, 0.3) is 11.3 Å². The van der Waals surface area contributed by atoms with Gasteiger partial charge in [0.1, 0.15) is 11.5 Å². The summed E-state index contributed by atoms with van der Waals surface area (Å²) in [4.78, 5) is 16.6. The Bertz CT molecular complexity index is 1000. The Hall–Kier alpha value is -3.07. The zero-order chi connectivity index (χ0) is 20.3. The molecule has 0 aliphatic carbocycles. The van der Waals surface area contributed by atoms with Crippen LogP contribution in [0, 0.1) is 0 Å². The van der Waals surface area contributed by atoms with Crippen LogP contribution in [0.5, 0.6) is 11.5 Å². The maximum atomic E-state index is 12.8. The first-order valence-corrected chi connectivity index (χ1v) is 8.86. The summed E-state index contributed by atoms with van der Waals surface area (Å²) in [6.45, 7) is 0. The Morgan fingerprint density at radius 2 is 1.89 bits per heavy atom. The van der Waals surface area contributed by atoms with Gasteiger partial charge in [-0.05, 0) is 30.3 Å². The maximum Gasteiger partial charge on any atom is 0.416 e. The van der Waals surface area contributed by atoms with Gasteiger partial charge in [-0.2, -0.15) is 13.2 Å². The third-order valence-corrected chi connectivity index (χ3v) is 4.62. The number of hydrogen-bond donors (Lipinski definition) is 1. The third kappa shape index (κ3) is 4.25. The van der Waals surface area contributed by atoms with Crippen LogP contribution < -0.4 is 14.8 Å². The van der Waals surface area contributed by atoms with Crippen LogP contribution >= 0.6 is 11.3 Å². The predicted octanol–water partition coefficient (Wildman–Crippen LogP) is 5.10. The van der Waals surface area contributed by atoms with E-state index in [-0.39, 0.29) is 10.7 Å². The molecule has 5 nitrogen and oxygen atoms in total. The number of ether oxygens (including phenoxy) is 2. The molecule has 0 spiro atoms. The molecule has 0 fully saturated rings. The van der Waals surface area contributed by atoms with Gasteiger partial charge in [-0.15, -0.1) is 11.3 Å². The van der Waals surface area contributed by atoms with E-state index in [9.17, 15) is 18.0 Å². The van der Waals surface area contributed by atoms with E-state index in [1.165, 1.54) is 19.2 Å². The van der Waals surface area contributed by atoms with Crippen LogP contribution in [0.4, 0.5) is 18.3 Å². The second-order valence-corrected chi connectivity index (χ2v) is 6.49. The lowest BCUT2D eigenvalue weighted by Gasteiger charge is -2.09. The van der Waals surface area contributed by atoms with Gasteiger partial charge in [0.2, 0.25) is 0 Å². The summed E-state index contributed by atoms with van der Waals surface area (Å²) < 4.78 is 48.9. The minimum Gasteiger partial charge on any atom is -0.497 e. The Morgan fingerprint density at radius 1 is 1.11 bits per heavy atom. The summed E-state index contributed by atoms with van der Waals surface area (Å²) in [7, 11) is 3.06. The van der Waals surface area contributed by atoms with Crippen molar-refractivity contribution < 1.29 is 27.4 Å². The van der Waals surface area contributed by atoms with E-state index < -0.39 is 17.6 Å². The summed E-state index contributed by atoms with van der Waals surface area (Å²) in [5.74, 6) is 0.489. The van der Waals surface area contributed by atoms with E-state index in [0.29, 0.717) is 22.8 Å². The number of carbonyl (C=O) groups is 1. The van der Waals surface area contributed by atoms with Gasteiger partial charge >= 0.3 is 6.18 Å². The molecule has 0 saturated carbocycles. The highest BCUT2D eigenvalue weighted by atomic mass is 32.1. The molecule has 1 amide bonds. The van der Waals surface area contributed by atoms with Crippen LogP contribution in [0.1, 0.15) is 15.9 Å². The standard InChI is InChI=1S/C19H15F3N2O3S/c1-26-13-6-7-14(16(9-13)27-2)15-10-28-18(23-15)24-17(25)11-4-3-5-12(8-11)19(20,21)22/h3-10H,1-2H3,(H,23,24,25). The minimum absolute atomic E-state index is 0.103. The largest absolute Gasteiger partial charge is 0.497 e. The van der Waals surface area contributed by atoms with Gasteiger partial charge in [-0.3, -0.25) is 10.1 Å². The second-order valence-electron chi connectivity index (χ2n) is 5.64. The molecule has 0 unspecified atom stereocenters. The summed E-state index contributed by atoms with van der Waals surface area (Å²) in [6, 6.07) is 9.43. The fraction of sp³-hybridized carbons (Fsp3) is 0.158. The van der Waals surface area contributed by atoms with Crippen molar-refractivity contribution >= 4 is 22.4 Å². The smallest absolute Gasteiger partial charge is 0.416 e. The van der Waals surface area contributed by atoms with E-state index in [0.717, 1.165) is 23.5 Å². The number of rotatable bonds is 5. The van der Waals surface area contributed by atoms with Crippen LogP contribution in [0.3, 0.4) is 0 Å². The second kappa shape index (κ2) is 7.89. The highest BCUT2D eigenvalue weighted by molar-refractivity contribution is 7.14. The number of nitrogens with one attached hydrogen (secondary N) is 1. The molecule has 3 rings (SSSR count). The fourth-order valence-corrected chi connectivity index (χ4v) is 3.18. The molecule has 0 atom stereocenters. The predicted molar refractivity (Wildman–Crippen MR) is 100 cm³/mol. The molecule has 1 aromatic heterocycles. The number of amides is 1. The molecule has 0 saturated heterocycles. The van der Waals surface area contributed by atoms with Gasteiger partial charge in [-0.25, -0.2) is 4.98 Å². The van der Waals surface area contributed by atoms with Crippen molar-refractivity contribution in [3.05, 3.63) is 59.0 Å². The first-order valence-electron chi connectivity index (χ1n) is 7.98. The van der Waals surface area contributed by atoms with Gasteiger partial charge in [0, 0.05) is 22.6 Å². The van der Waals surface area contributed by atoms with Crippen LogP contribution in [0.15, 0.2) is 47.8 Å².